The monoisotopic (exact) mass is 303 g/mol. The Morgan fingerprint density at radius 1 is 1.53 bits per heavy atom. The lowest BCUT2D eigenvalue weighted by molar-refractivity contribution is -0.147. The van der Waals surface area contributed by atoms with Crippen molar-refractivity contribution in [2.24, 2.45) is 0 Å². The van der Waals surface area contributed by atoms with Gasteiger partial charge in [-0.1, -0.05) is 0 Å². The minimum atomic E-state index is -1.26. The van der Waals surface area contributed by atoms with Crippen molar-refractivity contribution in [2.45, 2.75) is 26.3 Å². The van der Waals surface area contributed by atoms with Crippen LogP contribution in [0.15, 0.2) is 21.4 Å². The van der Waals surface area contributed by atoms with Crippen molar-refractivity contribution in [3.05, 3.63) is 22.6 Å². The maximum atomic E-state index is 12.2. The summed E-state index contributed by atoms with van der Waals surface area (Å²) < 4.78 is 5.28. The summed E-state index contributed by atoms with van der Waals surface area (Å²) in [5.74, 6) is -1.42. The van der Waals surface area contributed by atoms with Crippen LogP contribution >= 0.6 is 15.9 Å². The Bertz CT molecular complexity index is 438. The van der Waals surface area contributed by atoms with E-state index < -0.39 is 11.5 Å². The number of halogens is 1. The second kappa shape index (κ2) is 4.91. The molecule has 0 bridgehead atoms. The lowest BCUT2D eigenvalue weighted by atomic mass is 10.0. The molecule has 6 heteroatoms. The van der Waals surface area contributed by atoms with E-state index in [2.05, 4.69) is 15.9 Å². The Morgan fingerprint density at radius 3 is 2.47 bits per heavy atom. The molecule has 1 rings (SSSR count). The molecule has 0 saturated carbocycles. The quantitative estimate of drug-likeness (QED) is 0.927. The van der Waals surface area contributed by atoms with Crippen LogP contribution in [0, 0.1) is 0 Å². The van der Waals surface area contributed by atoms with Crippen LogP contribution in [0.5, 0.6) is 0 Å². The first-order valence-electron chi connectivity index (χ1n) is 5.10. The smallest absolute Gasteiger partial charge is 0.329 e. The summed E-state index contributed by atoms with van der Waals surface area (Å²) >= 11 is 3.11. The molecule has 1 heterocycles. The van der Waals surface area contributed by atoms with E-state index in [0.29, 0.717) is 16.8 Å². The molecule has 5 nitrogen and oxygen atoms in total. The van der Waals surface area contributed by atoms with Gasteiger partial charge in [-0.25, -0.2) is 4.79 Å². The zero-order valence-electron chi connectivity index (χ0n) is 9.86. The SMILES string of the molecule is CCN(C(=O)c1ccoc1Br)C(C)(C)C(=O)O. The van der Waals surface area contributed by atoms with Gasteiger partial charge in [-0.15, -0.1) is 0 Å². The summed E-state index contributed by atoms with van der Waals surface area (Å²) in [7, 11) is 0. The minimum Gasteiger partial charge on any atom is -0.480 e. The van der Waals surface area contributed by atoms with Crippen LogP contribution in [0.3, 0.4) is 0 Å². The van der Waals surface area contributed by atoms with Crippen molar-refractivity contribution in [1.29, 1.82) is 0 Å². The van der Waals surface area contributed by atoms with Crippen molar-refractivity contribution in [2.75, 3.05) is 6.54 Å². The van der Waals surface area contributed by atoms with Crippen LogP contribution in [-0.4, -0.2) is 34.0 Å². The Hall–Kier alpha value is -1.30. The molecule has 1 amide bonds. The fourth-order valence-corrected chi connectivity index (χ4v) is 1.91. The van der Waals surface area contributed by atoms with Gasteiger partial charge in [0.2, 0.25) is 0 Å². The van der Waals surface area contributed by atoms with E-state index in [1.54, 1.807) is 6.92 Å². The lowest BCUT2D eigenvalue weighted by Crippen LogP contribution is -2.52. The third-order valence-corrected chi connectivity index (χ3v) is 3.22. The first kappa shape index (κ1) is 13.8. The third-order valence-electron chi connectivity index (χ3n) is 2.61. The number of furan rings is 1. The highest BCUT2D eigenvalue weighted by Crippen LogP contribution is 2.23. The number of carbonyl (C=O) groups is 2. The average Bonchev–Trinajstić information content (AvgIpc) is 2.64. The summed E-state index contributed by atoms with van der Waals surface area (Å²) in [6, 6.07) is 1.51. The molecule has 0 aliphatic rings. The van der Waals surface area contributed by atoms with Gasteiger partial charge in [0.1, 0.15) is 5.54 Å². The Morgan fingerprint density at radius 2 is 2.12 bits per heavy atom. The van der Waals surface area contributed by atoms with E-state index in [4.69, 9.17) is 9.52 Å². The Labute approximate surface area is 108 Å². The van der Waals surface area contributed by atoms with E-state index >= 15 is 0 Å². The van der Waals surface area contributed by atoms with E-state index in [0.717, 1.165) is 0 Å². The van der Waals surface area contributed by atoms with Gasteiger partial charge in [0, 0.05) is 6.54 Å². The molecule has 0 aromatic carbocycles. The van der Waals surface area contributed by atoms with E-state index in [-0.39, 0.29) is 5.91 Å². The van der Waals surface area contributed by atoms with E-state index in [1.165, 1.54) is 31.1 Å². The number of likely N-dealkylation sites (N-methyl/N-ethyl adjacent to an activating group) is 1. The maximum absolute atomic E-state index is 12.2. The molecule has 0 aliphatic heterocycles. The molecule has 0 spiro atoms. The highest BCUT2D eigenvalue weighted by molar-refractivity contribution is 9.10. The number of hydrogen-bond donors (Lipinski definition) is 1. The molecule has 0 aliphatic carbocycles. The Kier molecular flexibility index (Phi) is 3.98. The fraction of sp³-hybridized carbons (Fsp3) is 0.455. The van der Waals surface area contributed by atoms with Crippen molar-refractivity contribution < 1.29 is 19.1 Å². The van der Waals surface area contributed by atoms with Gasteiger partial charge in [-0.3, -0.25) is 4.79 Å². The molecular weight excluding hydrogens is 290 g/mol. The van der Waals surface area contributed by atoms with Gasteiger partial charge < -0.3 is 14.4 Å². The predicted molar refractivity (Wildman–Crippen MR) is 64.8 cm³/mol. The van der Waals surface area contributed by atoms with Crippen LogP contribution in [-0.2, 0) is 4.79 Å². The van der Waals surface area contributed by atoms with E-state index in [9.17, 15) is 9.59 Å². The molecule has 0 unspecified atom stereocenters. The summed E-state index contributed by atoms with van der Waals surface area (Å²) in [4.78, 5) is 24.6. The number of carboxylic acids is 1. The fourth-order valence-electron chi connectivity index (χ4n) is 1.50. The normalized spacial score (nSPS) is 11.3. The van der Waals surface area contributed by atoms with Gasteiger partial charge in [0.05, 0.1) is 11.8 Å². The zero-order chi connectivity index (χ0) is 13.2. The number of aliphatic carboxylic acids is 1. The number of nitrogens with zero attached hydrogens (tertiary/aromatic N) is 1. The molecule has 94 valence electrons. The van der Waals surface area contributed by atoms with Crippen molar-refractivity contribution in [3.8, 4) is 0 Å². The zero-order valence-corrected chi connectivity index (χ0v) is 11.4. The second-order valence-electron chi connectivity index (χ2n) is 4.02. The molecular formula is C11H14BrNO4. The topological polar surface area (TPSA) is 70.8 Å². The number of carboxylic acid groups (broad SMARTS) is 1. The van der Waals surface area contributed by atoms with Crippen LogP contribution in [0.1, 0.15) is 31.1 Å². The van der Waals surface area contributed by atoms with Crippen molar-refractivity contribution in [1.82, 2.24) is 4.90 Å². The van der Waals surface area contributed by atoms with Crippen LogP contribution in [0.2, 0.25) is 0 Å². The predicted octanol–water partition coefficient (Wildman–Crippen LogP) is 2.37. The van der Waals surface area contributed by atoms with Crippen molar-refractivity contribution >= 4 is 27.8 Å². The van der Waals surface area contributed by atoms with Crippen LogP contribution < -0.4 is 0 Å². The number of amides is 1. The minimum absolute atomic E-state index is 0.301. The number of rotatable bonds is 4. The maximum Gasteiger partial charge on any atom is 0.329 e. The summed E-state index contributed by atoms with van der Waals surface area (Å²) in [5, 5.41) is 9.13. The van der Waals surface area contributed by atoms with Crippen molar-refractivity contribution in [3.63, 3.8) is 0 Å². The van der Waals surface area contributed by atoms with Gasteiger partial charge in [0.15, 0.2) is 4.67 Å². The highest BCUT2D eigenvalue weighted by Gasteiger charge is 2.38. The summed E-state index contributed by atoms with van der Waals surface area (Å²) in [6.45, 7) is 5.02. The average molecular weight is 304 g/mol. The van der Waals surface area contributed by atoms with Crippen LogP contribution in [0.4, 0.5) is 0 Å². The summed E-state index contributed by atoms with van der Waals surface area (Å²) in [6.07, 6.45) is 1.37. The molecule has 0 radical (unpaired) electrons. The lowest BCUT2D eigenvalue weighted by Gasteiger charge is -2.34. The summed E-state index contributed by atoms with van der Waals surface area (Å²) in [5.41, 5.74) is -0.941. The molecule has 1 aromatic heterocycles. The molecule has 0 atom stereocenters. The standard InChI is InChI=1S/C11H14BrNO4/c1-4-13(11(2,3)10(15)16)9(14)7-5-6-17-8(7)12/h5-6H,4H2,1-3H3,(H,15,16). The molecule has 0 fully saturated rings. The number of carbonyl (C=O) groups excluding carboxylic acids is 1. The second-order valence-corrected chi connectivity index (χ2v) is 4.74. The van der Waals surface area contributed by atoms with Crippen LogP contribution in [0.25, 0.3) is 0 Å². The molecule has 17 heavy (non-hydrogen) atoms. The van der Waals surface area contributed by atoms with Gasteiger partial charge in [-0.05, 0) is 42.8 Å². The largest absolute Gasteiger partial charge is 0.480 e. The number of hydrogen-bond acceptors (Lipinski definition) is 3. The van der Waals surface area contributed by atoms with Gasteiger partial charge >= 0.3 is 5.97 Å². The van der Waals surface area contributed by atoms with Gasteiger partial charge in [0.25, 0.3) is 5.91 Å². The van der Waals surface area contributed by atoms with Gasteiger partial charge in [-0.2, -0.15) is 0 Å². The first-order chi connectivity index (χ1) is 7.82. The third kappa shape index (κ3) is 2.52. The molecule has 0 saturated heterocycles. The molecule has 1 aromatic rings. The Balaban J connectivity index is 3.09. The van der Waals surface area contributed by atoms with E-state index in [1.807, 2.05) is 0 Å². The highest BCUT2D eigenvalue weighted by atomic mass is 79.9. The molecule has 1 N–H and O–H groups in total. The first-order valence-corrected chi connectivity index (χ1v) is 5.90.